The highest BCUT2D eigenvalue weighted by Crippen LogP contribution is 2.19. The monoisotopic (exact) mass is 396 g/mol. The van der Waals surface area contributed by atoms with Crippen LogP contribution < -0.4 is 10.1 Å². The standard InChI is InChI=1S/C20H20N4O5/c1-27-12-17-18(22-23-24(17)15-8-10-16(28-2)11-9-15)19(25)21-14-6-4-13(5-7-14)20(26)29-3/h4-11H,12H2,1-3H3,(H,21,25). The number of carbonyl (C=O) groups is 2. The SMILES string of the molecule is COCc1c(C(=O)Nc2ccc(C(=O)OC)cc2)nnn1-c1ccc(OC)cc1. The van der Waals surface area contributed by atoms with Crippen molar-refractivity contribution in [2.24, 2.45) is 0 Å². The molecule has 0 aliphatic heterocycles. The molecule has 9 heteroatoms. The van der Waals surface area contributed by atoms with E-state index in [0.29, 0.717) is 28.4 Å². The lowest BCUT2D eigenvalue weighted by atomic mass is 10.2. The van der Waals surface area contributed by atoms with Crippen molar-refractivity contribution in [3.63, 3.8) is 0 Å². The molecular weight excluding hydrogens is 376 g/mol. The Hall–Kier alpha value is -3.72. The van der Waals surface area contributed by atoms with Gasteiger partial charge in [0.25, 0.3) is 5.91 Å². The molecule has 0 atom stereocenters. The molecule has 3 rings (SSSR count). The Bertz CT molecular complexity index is 997. The third-order valence-electron chi connectivity index (χ3n) is 4.14. The topological polar surface area (TPSA) is 105 Å². The van der Waals surface area contributed by atoms with E-state index in [4.69, 9.17) is 9.47 Å². The van der Waals surface area contributed by atoms with E-state index in [0.717, 1.165) is 0 Å². The van der Waals surface area contributed by atoms with E-state index in [1.54, 1.807) is 55.6 Å². The first-order chi connectivity index (χ1) is 14.1. The zero-order chi connectivity index (χ0) is 20.8. The molecular formula is C20H20N4O5. The summed E-state index contributed by atoms with van der Waals surface area (Å²) in [6.07, 6.45) is 0. The second kappa shape index (κ2) is 8.98. The Morgan fingerprint density at radius 1 is 1.00 bits per heavy atom. The van der Waals surface area contributed by atoms with Gasteiger partial charge in [-0.25, -0.2) is 9.48 Å². The Morgan fingerprint density at radius 3 is 2.28 bits per heavy atom. The van der Waals surface area contributed by atoms with Gasteiger partial charge in [-0.05, 0) is 48.5 Å². The summed E-state index contributed by atoms with van der Waals surface area (Å²) in [5, 5.41) is 10.9. The van der Waals surface area contributed by atoms with Gasteiger partial charge in [0.1, 0.15) is 11.4 Å². The molecule has 0 saturated heterocycles. The summed E-state index contributed by atoms with van der Waals surface area (Å²) < 4.78 is 16.6. The number of amides is 1. The van der Waals surface area contributed by atoms with Gasteiger partial charge in [0.05, 0.1) is 32.1 Å². The van der Waals surface area contributed by atoms with Crippen molar-refractivity contribution < 1.29 is 23.8 Å². The first-order valence-corrected chi connectivity index (χ1v) is 8.65. The van der Waals surface area contributed by atoms with E-state index in [1.165, 1.54) is 18.9 Å². The second-order valence-electron chi connectivity index (χ2n) is 5.95. The molecule has 0 unspecified atom stereocenters. The molecule has 3 aromatic rings. The molecule has 9 nitrogen and oxygen atoms in total. The third kappa shape index (κ3) is 4.41. The molecule has 1 heterocycles. The molecule has 0 fully saturated rings. The fourth-order valence-electron chi connectivity index (χ4n) is 2.67. The number of anilines is 1. The van der Waals surface area contributed by atoms with Crippen LogP contribution in [0.5, 0.6) is 5.75 Å². The smallest absolute Gasteiger partial charge is 0.337 e. The van der Waals surface area contributed by atoms with Crippen LogP contribution in [0, 0.1) is 0 Å². The van der Waals surface area contributed by atoms with Crippen LogP contribution in [0.1, 0.15) is 26.5 Å². The summed E-state index contributed by atoms with van der Waals surface area (Å²) in [7, 11) is 4.42. The van der Waals surface area contributed by atoms with Crippen molar-refractivity contribution in [1.29, 1.82) is 0 Å². The summed E-state index contributed by atoms with van der Waals surface area (Å²) in [4.78, 5) is 24.2. The van der Waals surface area contributed by atoms with E-state index in [1.807, 2.05) is 0 Å². The number of carbonyl (C=O) groups excluding carboxylic acids is 2. The highest BCUT2D eigenvalue weighted by atomic mass is 16.5. The summed E-state index contributed by atoms with van der Waals surface area (Å²) in [5.74, 6) is -0.189. The van der Waals surface area contributed by atoms with E-state index < -0.39 is 11.9 Å². The third-order valence-corrected chi connectivity index (χ3v) is 4.14. The van der Waals surface area contributed by atoms with Crippen molar-refractivity contribution in [2.75, 3.05) is 26.6 Å². The maximum Gasteiger partial charge on any atom is 0.337 e. The molecule has 2 aromatic carbocycles. The van der Waals surface area contributed by atoms with Crippen molar-refractivity contribution >= 4 is 17.6 Å². The highest BCUT2D eigenvalue weighted by Gasteiger charge is 2.21. The van der Waals surface area contributed by atoms with Gasteiger partial charge in [-0.1, -0.05) is 5.21 Å². The first-order valence-electron chi connectivity index (χ1n) is 8.65. The van der Waals surface area contributed by atoms with Crippen molar-refractivity contribution in [2.45, 2.75) is 6.61 Å². The summed E-state index contributed by atoms with van der Waals surface area (Å²) in [5.41, 5.74) is 2.24. The van der Waals surface area contributed by atoms with Gasteiger partial charge < -0.3 is 19.5 Å². The fraction of sp³-hybridized carbons (Fsp3) is 0.200. The van der Waals surface area contributed by atoms with Gasteiger partial charge in [-0.3, -0.25) is 4.79 Å². The van der Waals surface area contributed by atoms with Gasteiger partial charge in [0.2, 0.25) is 0 Å². The number of aromatic nitrogens is 3. The van der Waals surface area contributed by atoms with Crippen molar-refractivity contribution in [1.82, 2.24) is 15.0 Å². The Balaban J connectivity index is 1.84. The number of methoxy groups -OCH3 is 3. The van der Waals surface area contributed by atoms with E-state index in [-0.39, 0.29) is 12.3 Å². The normalized spacial score (nSPS) is 10.4. The maximum absolute atomic E-state index is 12.7. The van der Waals surface area contributed by atoms with Crippen LogP contribution in [-0.2, 0) is 16.1 Å². The average molecular weight is 396 g/mol. The van der Waals surface area contributed by atoms with Crippen LogP contribution in [0.3, 0.4) is 0 Å². The molecule has 0 radical (unpaired) electrons. The molecule has 1 amide bonds. The Kier molecular flexibility index (Phi) is 6.20. The summed E-state index contributed by atoms with van der Waals surface area (Å²) in [6, 6.07) is 13.5. The largest absolute Gasteiger partial charge is 0.497 e. The average Bonchev–Trinajstić information content (AvgIpc) is 3.18. The minimum atomic E-state index is -0.451. The number of rotatable bonds is 7. The van der Waals surface area contributed by atoms with Gasteiger partial charge in [0, 0.05) is 12.8 Å². The van der Waals surface area contributed by atoms with Crippen LogP contribution in [0.2, 0.25) is 0 Å². The fourth-order valence-corrected chi connectivity index (χ4v) is 2.67. The molecule has 150 valence electrons. The van der Waals surface area contributed by atoms with Crippen LogP contribution in [0.15, 0.2) is 48.5 Å². The quantitative estimate of drug-likeness (QED) is 0.612. The number of benzene rings is 2. The lowest BCUT2D eigenvalue weighted by Gasteiger charge is -2.09. The highest BCUT2D eigenvalue weighted by molar-refractivity contribution is 6.03. The molecule has 0 saturated carbocycles. The molecule has 1 aromatic heterocycles. The first kappa shape index (κ1) is 20.0. The zero-order valence-electron chi connectivity index (χ0n) is 16.2. The minimum absolute atomic E-state index is 0.139. The Morgan fingerprint density at radius 2 is 1.69 bits per heavy atom. The van der Waals surface area contributed by atoms with Gasteiger partial charge >= 0.3 is 5.97 Å². The van der Waals surface area contributed by atoms with Gasteiger partial charge in [0.15, 0.2) is 5.69 Å². The number of esters is 1. The molecule has 0 aliphatic rings. The van der Waals surface area contributed by atoms with Crippen molar-refractivity contribution in [3.8, 4) is 11.4 Å². The number of hydrogen-bond donors (Lipinski definition) is 1. The molecule has 0 spiro atoms. The van der Waals surface area contributed by atoms with Crippen LogP contribution in [0.4, 0.5) is 5.69 Å². The van der Waals surface area contributed by atoms with Crippen LogP contribution >= 0.6 is 0 Å². The number of ether oxygens (including phenoxy) is 3. The summed E-state index contributed by atoms with van der Waals surface area (Å²) >= 11 is 0. The van der Waals surface area contributed by atoms with Crippen LogP contribution in [0.25, 0.3) is 5.69 Å². The van der Waals surface area contributed by atoms with E-state index in [9.17, 15) is 9.59 Å². The second-order valence-corrected chi connectivity index (χ2v) is 5.95. The Labute approximate surface area is 167 Å². The summed E-state index contributed by atoms with van der Waals surface area (Å²) in [6.45, 7) is 0.142. The number of nitrogens with one attached hydrogen (secondary N) is 1. The molecule has 1 N–H and O–H groups in total. The number of nitrogens with zero attached hydrogens (tertiary/aromatic N) is 3. The minimum Gasteiger partial charge on any atom is -0.497 e. The van der Waals surface area contributed by atoms with Gasteiger partial charge in [-0.15, -0.1) is 5.10 Å². The lowest BCUT2D eigenvalue weighted by molar-refractivity contribution is 0.0600. The van der Waals surface area contributed by atoms with Crippen LogP contribution in [-0.4, -0.2) is 48.2 Å². The van der Waals surface area contributed by atoms with E-state index >= 15 is 0 Å². The predicted octanol–water partition coefficient (Wildman–Crippen LogP) is 2.46. The van der Waals surface area contributed by atoms with E-state index in [2.05, 4.69) is 20.4 Å². The lowest BCUT2D eigenvalue weighted by Crippen LogP contribution is -2.16. The molecule has 0 bridgehead atoms. The molecule has 29 heavy (non-hydrogen) atoms. The zero-order valence-corrected chi connectivity index (χ0v) is 16.2. The number of hydrogen-bond acceptors (Lipinski definition) is 7. The van der Waals surface area contributed by atoms with Crippen molar-refractivity contribution in [3.05, 3.63) is 65.5 Å². The predicted molar refractivity (Wildman–Crippen MR) is 104 cm³/mol. The van der Waals surface area contributed by atoms with Gasteiger partial charge in [-0.2, -0.15) is 0 Å². The maximum atomic E-state index is 12.7. The molecule has 0 aliphatic carbocycles.